The second-order valence-corrected chi connectivity index (χ2v) is 22.4. The van der Waals surface area contributed by atoms with Gasteiger partial charge in [0.15, 0.2) is 0 Å². The largest absolute Gasteiger partial charge is 0.207 e. The molecule has 11 aromatic carbocycles. The Morgan fingerprint density at radius 1 is 0.250 bits per heavy atom. The van der Waals surface area contributed by atoms with E-state index < -0.39 is 0 Å². The molecule has 0 saturated carbocycles. The molecule has 0 heterocycles. The molecule has 0 aliphatic heterocycles. The van der Waals surface area contributed by atoms with Crippen molar-refractivity contribution in [2.45, 2.75) is 52.4 Å². The lowest BCUT2D eigenvalue weighted by molar-refractivity contribution is 0.590. The van der Waals surface area contributed by atoms with E-state index in [0.717, 1.165) is 117 Å². The Kier molecular flexibility index (Phi) is 14.4. The van der Waals surface area contributed by atoms with E-state index in [1.807, 2.05) is 97.1 Å². The Bertz CT molecular complexity index is 4060. The molecule has 0 saturated heterocycles. The summed E-state index contributed by atoms with van der Waals surface area (Å²) >= 11 is 0. The standard InChI is InChI=1S/C76H58F4/c1-75(2,3)60-37-21-50(22-38-60)18-17-49-19-23-51(24-20-49)65-47-66(52-29-39-61(77)40-30-52)69(73(54-13-9-7-10-14-54)70(65)58-33-43-63(79)44-34-58)56-25-27-57(28-26-56)71-67(53-31-41-62(78)42-32-53)48-68(76(4,5)6)72(59-35-45-64(80)46-36-59)74(71)55-15-11-8-12-16-55/h7-16,19-48H,1-6H3. The lowest BCUT2D eigenvalue weighted by Crippen LogP contribution is -2.14. The number of rotatable bonds is 9. The van der Waals surface area contributed by atoms with E-state index in [-0.39, 0.29) is 34.1 Å². The summed E-state index contributed by atoms with van der Waals surface area (Å²) in [6.45, 7) is 13.1. The second-order valence-electron chi connectivity index (χ2n) is 22.4. The summed E-state index contributed by atoms with van der Waals surface area (Å²) in [5.41, 5.74) is 19.9. The zero-order chi connectivity index (χ0) is 55.7. The van der Waals surface area contributed by atoms with Gasteiger partial charge < -0.3 is 0 Å². The van der Waals surface area contributed by atoms with Gasteiger partial charge in [-0.25, -0.2) is 17.6 Å². The highest BCUT2D eigenvalue weighted by Crippen LogP contribution is 2.53. The van der Waals surface area contributed by atoms with Gasteiger partial charge in [0.25, 0.3) is 0 Å². The predicted octanol–water partition coefficient (Wildman–Crippen LogP) is 21.2. The zero-order valence-corrected chi connectivity index (χ0v) is 45.6. The van der Waals surface area contributed by atoms with Crippen LogP contribution in [0.5, 0.6) is 0 Å². The maximum absolute atomic E-state index is 15.0. The maximum atomic E-state index is 15.0. The molecule has 4 heteroatoms. The van der Waals surface area contributed by atoms with Crippen molar-refractivity contribution in [3.63, 3.8) is 0 Å². The van der Waals surface area contributed by atoms with Gasteiger partial charge in [0.05, 0.1) is 0 Å². The average Bonchev–Trinajstić information content (AvgIpc) is 3.66. The highest BCUT2D eigenvalue weighted by Gasteiger charge is 2.29. The summed E-state index contributed by atoms with van der Waals surface area (Å²) < 4.78 is 59.7. The molecule has 0 spiro atoms. The predicted molar refractivity (Wildman–Crippen MR) is 325 cm³/mol. The summed E-state index contributed by atoms with van der Waals surface area (Å²) in [5.74, 6) is 5.36. The van der Waals surface area contributed by atoms with Gasteiger partial charge in [-0.1, -0.05) is 211 Å². The monoisotopic (exact) mass is 1050 g/mol. The molecule has 0 unspecified atom stereocenters. The Labute approximate surface area is 467 Å². The number of benzene rings is 11. The van der Waals surface area contributed by atoms with Crippen molar-refractivity contribution < 1.29 is 17.6 Å². The fraction of sp³-hybridized carbons (Fsp3) is 0.105. The van der Waals surface area contributed by atoms with Gasteiger partial charge in [-0.05, 0) is 207 Å². The SMILES string of the molecule is CC(C)(C)c1ccc(C#Cc2ccc(-c3cc(-c4ccc(F)cc4)c(-c4ccc(-c5c(-c6ccc(F)cc6)cc(C(C)(C)C)c(-c6ccc(F)cc6)c5-c5ccccc5)cc4)c(-c4ccccc4)c3-c3ccc(F)cc3)cc2)cc1. The molecule has 0 bridgehead atoms. The lowest BCUT2D eigenvalue weighted by atomic mass is 9.73. The molecule has 0 radical (unpaired) electrons. The van der Waals surface area contributed by atoms with Crippen LogP contribution in [-0.4, -0.2) is 0 Å². The van der Waals surface area contributed by atoms with Crippen molar-refractivity contribution in [3.05, 3.63) is 288 Å². The molecule has 11 rings (SSSR count). The van der Waals surface area contributed by atoms with Crippen molar-refractivity contribution >= 4 is 0 Å². The minimum Gasteiger partial charge on any atom is -0.207 e. The van der Waals surface area contributed by atoms with E-state index in [9.17, 15) is 8.78 Å². The van der Waals surface area contributed by atoms with Gasteiger partial charge >= 0.3 is 0 Å². The third kappa shape index (κ3) is 10.9. The van der Waals surface area contributed by atoms with Gasteiger partial charge in [-0.15, -0.1) is 0 Å². The van der Waals surface area contributed by atoms with Gasteiger partial charge in [0.2, 0.25) is 0 Å². The lowest BCUT2D eigenvalue weighted by Gasteiger charge is -2.30. The van der Waals surface area contributed by atoms with E-state index in [2.05, 4.69) is 150 Å². The molecule has 11 aromatic rings. The Hall–Kier alpha value is -9.30. The summed E-state index contributed by atoms with van der Waals surface area (Å²) in [6.07, 6.45) is 0. The molecule has 80 heavy (non-hydrogen) atoms. The Morgan fingerprint density at radius 3 is 0.875 bits per heavy atom. The summed E-state index contributed by atoms with van der Waals surface area (Å²) in [4.78, 5) is 0. The number of hydrogen-bond acceptors (Lipinski definition) is 0. The van der Waals surface area contributed by atoms with Crippen LogP contribution < -0.4 is 0 Å². The van der Waals surface area contributed by atoms with Crippen molar-refractivity contribution in [1.82, 2.24) is 0 Å². The highest BCUT2D eigenvalue weighted by atomic mass is 19.1. The van der Waals surface area contributed by atoms with E-state index in [1.54, 1.807) is 0 Å². The van der Waals surface area contributed by atoms with Crippen LogP contribution in [0.15, 0.2) is 243 Å². The van der Waals surface area contributed by atoms with Crippen LogP contribution in [0.4, 0.5) is 17.6 Å². The van der Waals surface area contributed by atoms with Crippen molar-refractivity contribution in [1.29, 1.82) is 0 Å². The molecular formula is C76H58F4. The highest BCUT2D eigenvalue weighted by molar-refractivity contribution is 6.08. The molecule has 0 aliphatic rings. The minimum absolute atomic E-state index is 0.0392. The fourth-order valence-electron chi connectivity index (χ4n) is 10.9. The third-order valence-electron chi connectivity index (χ3n) is 14.9. The van der Waals surface area contributed by atoms with Crippen LogP contribution >= 0.6 is 0 Å². The van der Waals surface area contributed by atoms with Crippen molar-refractivity contribution in [3.8, 4) is 112 Å². The fourth-order valence-corrected chi connectivity index (χ4v) is 10.9. The molecule has 0 nitrogen and oxygen atoms in total. The smallest absolute Gasteiger partial charge is 0.123 e. The van der Waals surface area contributed by atoms with Crippen LogP contribution in [-0.2, 0) is 10.8 Å². The van der Waals surface area contributed by atoms with Gasteiger partial charge in [-0.2, -0.15) is 0 Å². The van der Waals surface area contributed by atoms with Crippen LogP contribution in [0.3, 0.4) is 0 Å². The maximum Gasteiger partial charge on any atom is 0.123 e. The number of hydrogen-bond donors (Lipinski definition) is 0. The van der Waals surface area contributed by atoms with E-state index in [4.69, 9.17) is 0 Å². The number of halogens is 4. The third-order valence-corrected chi connectivity index (χ3v) is 14.9. The first-order valence-corrected chi connectivity index (χ1v) is 27.0. The van der Waals surface area contributed by atoms with E-state index in [0.29, 0.717) is 0 Å². The average molecular weight is 1050 g/mol. The van der Waals surface area contributed by atoms with Crippen LogP contribution in [0.1, 0.15) is 63.8 Å². The van der Waals surface area contributed by atoms with Crippen molar-refractivity contribution in [2.24, 2.45) is 0 Å². The first-order valence-electron chi connectivity index (χ1n) is 27.0. The topological polar surface area (TPSA) is 0 Å². The minimum atomic E-state index is -0.376. The zero-order valence-electron chi connectivity index (χ0n) is 45.6. The Balaban J connectivity index is 1.17. The van der Waals surface area contributed by atoms with Crippen LogP contribution in [0.2, 0.25) is 0 Å². The van der Waals surface area contributed by atoms with E-state index >= 15 is 8.78 Å². The quantitative estimate of drug-likeness (QED) is 0.0998. The molecule has 0 fully saturated rings. The first kappa shape index (κ1) is 52.7. The molecule has 390 valence electrons. The Morgan fingerprint density at radius 2 is 0.525 bits per heavy atom. The molecular weight excluding hydrogens is 989 g/mol. The van der Waals surface area contributed by atoms with Crippen molar-refractivity contribution in [2.75, 3.05) is 0 Å². The van der Waals surface area contributed by atoms with Crippen LogP contribution in [0, 0.1) is 35.1 Å². The first-order chi connectivity index (χ1) is 38.6. The second kappa shape index (κ2) is 21.9. The summed E-state index contributed by atoms with van der Waals surface area (Å²) in [5, 5.41) is 0. The molecule has 0 aromatic heterocycles. The van der Waals surface area contributed by atoms with E-state index in [1.165, 1.54) is 54.1 Å². The molecule has 0 atom stereocenters. The normalized spacial score (nSPS) is 11.5. The van der Waals surface area contributed by atoms with Gasteiger partial charge in [0.1, 0.15) is 23.3 Å². The van der Waals surface area contributed by atoms with Gasteiger partial charge in [0, 0.05) is 11.1 Å². The summed E-state index contributed by atoms with van der Waals surface area (Å²) in [7, 11) is 0. The molecule has 0 N–H and O–H groups in total. The van der Waals surface area contributed by atoms with Crippen LogP contribution in [0.25, 0.3) is 100 Å². The molecule has 0 amide bonds. The summed E-state index contributed by atoms with van der Waals surface area (Å²) in [6, 6.07) is 76.7. The van der Waals surface area contributed by atoms with Gasteiger partial charge in [-0.3, -0.25) is 0 Å². The molecule has 0 aliphatic carbocycles.